The summed E-state index contributed by atoms with van der Waals surface area (Å²) in [5, 5.41) is 13.0. The first-order valence-electron chi connectivity index (χ1n) is 7.13. The van der Waals surface area contributed by atoms with Crippen molar-refractivity contribution in [3.8, 4) is 6.07 Å². The van der Waals surface area contributed by atoms with Crippen molar-refractivity contribution in [2.75, 3.05) is 0 Å². The maximum absolute atomic E-state index is 12.4. The Morgan fingerprint density at radius 2 is 2.00 bits per heavy atom. The van der Waals surface area contributed by atoms with Crippen LogP contribution in [-0.4, -0.2) is 30.2 Å². The quantitative estimate of drug-likeness (QED) is 0.836. The molecule has 0 atom stereocenters. The molecule has 1 aliphatic rings. The Morgan fingerprint density at radius 3 is 2.55 bits per heavy atom. The highest BCUT2D eigenvalue weighted by molar-refractivity contribution is 7.89. The summed E-state index contributed by atoms with van der Waals surface area (Å²) in [4.78, 5) is -0.202. The predicted octanol–water partition coefficient (Wildman–Crippen LogP) is 2.04. The van der Waals surface area contributed by atoms with Crippen molar-refractivity contribution < 1.29 is 17.2 Å². The van der Waals surface area contributed by atoms with Crippen LogP contribution in [0.2, 0.25) is 0 Å². The minimum absolute atomic E-state index is 0.202. The molecule has 9 heteroatoms. The van der Waals surface area contributed by atoms with Crippen molar-refractivity contribution in [2.24, 2.45) is 0 Å². The van der Waals surface area contributed by atoms with E-state index in [1.807, 2.05) is 0 Å². The van der Waals surface area contributed by atoms with Crippen molar-refractivity contribution in [1.82, 2.24) is 14.5 Å². The molecule has 6 nitrogen and oxygen atoms in total. The van der Waals surface area contributed by atoms with Crippen LogP contribution in [0.4, 0.5) is 8.78 Å². The number of hydrogen-bond acceptors (Lipinski definition) is 4. The largest absolute Gasteiger partial charge is 0.266 e. The van der Waals surface area contributed by atoms with E-state index in [9.17, 15) is 22.5 Å². The van der Waals surface area contributed by atoms with Gasteiger partial charge in [0, 0.05) is 6.20 Å². The molecule has 0 aliphatic heterocycles. The molecule has 122 valence electrons. The second-order valence-electron chi connectivity index (χ2n) is 5.50. The first-order chi connectivity index (χ1) is 10.4. The molecular formula is C13H18F2N4O2S. The molecule has 1 aromatic rings. The SMILES string of the molecule is N#CC1(NS(=O)(=O)c2cnn(CC(F)F)c2)CCCCCC1. The van der Waals surface area contributed by atoms with Crippen LogP contribution in [0, 0.1) is 11.3 Å². The third-order valence-electron chi connectivity index (χ3n) is 3.75. The van der Waals surface area contributed by atoms with Gasteiger partial charge in [-0.15, -0.1) is 0 Å². The average molecular weight is 332 g/mol. The fourth-order valence-corrected chi connectivity index (χ4v) is 3.94. The molecule has 0 radical (unpaired) electrons. The summed E-state index contributed by atoms with van der Waals surface area (Å²) < 4.78 is 52.7. The normalized spacial score (nSPS) is 18.8. The van der Waals surface area contributed by atoms with Gasteiger partial charge in [-0.1, -0.05) is 25.7 Å². The van der Waals surface area contributed by atoms with Crippen molar-refractivity contribution in [1.29, 1.82) is 5.26 Å². The molecule has 2 rings (SSSR count). The molecule has 0 spiro atoms. The molecule has 22 heavy (non-hydrogen) atoms. The molecule has 1 saturated carbocycles. The van der Waals surface area contributed by atoms with E-state index >= 15 is 0 Å². The van der Waals surface area contributed by atoms with Gasteiger partial charge in [-0.25, -0.2) is 17.2 Å². The zero-order valence-electron chi connectivity index (χ0n) is 12.0. The number of nitrogens with zero attached hydrogens (tertiary/aromatic N) is 3. The van der Waals surface area contributed by atoms with Gasteiger partial charge in [0.05, 0.1) is 12.3 Å². The number of alkyl halides is 2. The lowest BCUT2D eigenvalue weighted by molar-refractivity contribution is 0.121. The molecule has 1 N–H and O–H groups in total. The predicted molar refractivity (Wildman–Crippen MR) is 74.6 cm³/mol. The van der Waals surface area contributed by atoms with Crippen molar-refractivity contribution in [2.45, 2.75) is 61.9 Å². The minimum Gasteiger partial charge on any atom is -0.266 e. The lowest BCUT2D eigenvalue weighted by Gasteiger charge is -2.25. The van der Waals surface area contributed by atoms with Crippen LogP contribution in [0.1, 0.15) is 38.5 Å². The van der Waals surface area contributed by atoms with Gasteiger partial charge in [0.15, 0.2) is 0 Å². The van der Waals surface area contributed by atoms with Gasteiger partial charge in [0.25, 0.3) is 6.43 Å². The van der Waals surface area contributed by atoms with Crippen LogP contribution in [0.15, 0.2) is 17.3 Å². The topological polar surface area (TPSA) is 87.8 Å². The second-order valence-corrected chi connectivity index (χ2v) is 7.19. The molecular weight excluding hydrogens is 314 g/mol. The molecule has 0 amide bonds. The van der Waals surface area contributed by atoms with E-state index in [2.05, 4.69) is 15.9 Å². The minimum atomic E-state index is -3.96. The highest BCUT2D eigenvalue weighted by Crippen LogP contribution is 2.28. The number of nitriles is 1. The summed E-state index contributed by atoms with van der Waals surface area (Å²) in [6.07, 6.45) is 3.86. The summed E-state index contributed by atoms with van der Waals surface area (Å²) in [6.45, 7) is -0.668. The number of halogens is 2. The molecule has 1 aliphatic carbocycles. The van der Waals surface area contributed by atoms with Gasteiger partial charge in [0.1, 0.15) is 17.0 Å². The van der Waals surface area contributed by atoms with Crippen LogP contribution in [0.25, 0.3) is 0 Å². The van der Waals surface area contributed by atoms with Gasteiger partial charge in [0.2, 0.25) is 10.0 Å². The number of nitrogens with one attached hydrogen (secondary N) is 1. The van der Waals surface area contributed by atoms with Crippen molar-refractivity contribution in [3.63, 3.8) is 0 Å². The van der Waals surface area contributed by atoms with E-state index in [1.165, 1.54) is 0 Å². The maximum Gasteiger partial charge on any atom is 0.257 e. The molecule has 0 unspecified atom stereocenters. The summed E-state index contributed by atoms with van der Waals surface area (Å²) in [7, 11) is -3.96. The van der Waals surface area contributed by atoms with E-state index < -0.39 is 28.5 Å². The number of hydrogen-bond donors (Lipinski definition) is 1. The molecule has 0 saturated heterocycles. The lowest BCUT2D eigenvalue weighted by atomic mass is 9.94. The molecule has 1 fully saturated rings. The van der Waals surface area contributed by atoms with Gasteiger partial charge < -0.3 is 0 Å². The Kier molecular flexibility index (Phi) is 5.13. The van der Waals surface area contributed by atoms with Crippen LogP contribution >= 0.6 is 0 Å². The smallest absolute Gasteiger partial charge is 0.257 e. The first-order valence-corrected chi connectivity index (χ1v) is 8.61. The van der Waals surface area contributed by atoms with E-state index in [4.69, 9.17) is 0 Å². The van der Waals surface area contributed by atoms with Gasteiger partial charge in [-0.2, -0.15) is 15.1 Å². The van der Waals surface area contributed by atoms with Crippen LogP contribution in [0.3, 0.4) is 0 Å². The monoisotopic (exact) mass is 332 g/mol. The number of aromatic nitrogens is 2. The van der Waals surface area contributed by atoms with E-state index in [1.54, 1.807) is 0 Å². The Balaban J connectivity index is 2.19. The summed E-state index contributed by atoms with van der Waals surface area (Å²) >= 11 is 0. The molecule has 1 heterocycles. The zero-order valence-corrected chi connectivity index (χ0v) is 12.8. The van der Waals surface area contributed by atoms with Crippen molar-refractivity contribution in [3.05, 3.63) is 12.4 Å². The van der Waals surface area contributed by atoms with Gasteiger partial charge in [-0.3, -0.25) is 4.68 Å². The van der Waals surface area contributed by atoms with Gasteiger partial charge in [-0.05, 0) is 12.8 Å². The van der Waals surface area contributed by atoms with Crippen LogP contribution < -0.4 is 4.72 Å². The number of sulfonamides is 1. The third kappa shape index (κ3) is 4.01. The highest BCUT2D eigenvalue weighted by Gasteiger charge is 2.36. The Bertz CT molecular complexity index is 643. The second kappa shape index (κ2) is 6.71. The number of rotatable bonds is 5. The fraction of sp³-hybridized carbons (Fsp3) is 0.692. The zero-order chi connectivity index (χ0) is 16.2. The first kappa shape index (κ1) is 16.8. The fourth-order valence-electron chi connectivity index (χ4n) is 2.61. The van der Waals surface area contributed by atoms with E-state index in [0.717, 1.165) is 42.8 Å². The lowest BCUT2D eigenvalue weighted by Crippen LogP contribution is -2.46. The summed E-state index contributed by atoms with van der Waals surface area (Å²) in [5.41, 5.74) is -1.12. The van der Waals surface area contributed by atoms with Crippen LogP contribution in [-0.2, 0) is 16.6 Å². The van der Waals surface area contributed by atoms with E-state index in [0.29, 0.717) is 12.8 Å². The maximum atomic E-state index is 12.4. The molecule has 1 aromatic heterocycles. The Morgan fingerprint density at radius 1 is 1.36 bits per heavy atom. The Hall–Kier alpha value is -1.53. The Labute approximate surface area is 128 Å². The van der Waals surface area contributed by atoms with Crippen LogP contribution in [0.5, 0.6) is 0 Å². The average Bonchev–Trinajstić information content (AvgIpc) is 2.78. The molecule has 0 aromatic carbocycles. The highest BCUT2D eigenvalue weighted by atomic mass is 32.2. The summed E-state index contributed by atoms with van der Waals surface area (Å²) in [6, 6.07) is 2.08. The van der Waals surface area contributed by atoms with Crippen molar-refractivity contribution >= 4 is 10.0 Å². The molecule has 0 bridgehead atoms. The standard InChI is InChI=1S/C13H18F2N4O2S/c14-12(15)9-19-8-11(7-17-19)22(20,21)18-13(10-16)5-3-1-2-4-6-13/h7-8,12,18H,1-6,9H2. The van der Waals surface area contributed by atoms with E-state index in [-0.39, 0.29) is 4.90 Å². The van der Waals surface area contributed by atoms with Gasteiger partial charge >= 0.3 is 0 Å². The third-order valence-corrected chi connectivity index (χ3v) is 5.24. The summed E-state index contributed by atoms with van der Waals surface area (Å²) in [5.74, 6) is 0.